The lowest BCUT2D eigenvalue weighted by molar-refractivity contribution is 0.0528. The van der Waals surface area contributed by atoms with Crippen molar-refractivity contribution in [2.24, 2.45) is 0 Å². The Morgan fingerprint density at radius 3 is 2.60 bits per heavy atom. The molecule has 1 aromatic heterocycles. The molecule has 1 amide bonds. The summed E-state index contributed by atoms with van der Waals surface area (Å²) in [5.74, 6) is -0.0499. The standard InChI is InChI=1S/C14H19BrN2O3/c1-9(18)11-7-10(15)8-17-12(11)5-6-16-13(19)20-14(2,3)4/h7-8H,5-6H2,1-4H3,(H,16,19). The molecule has 6 heteroatoms. The molecule has 0 aliphatic carbocycles. The second kappa shape index (κ2) is 6.83. The Bertz CT molecular complexity index is 510. The number of aromatic nitrogens is 1. The van der Waals surface area contributed by atoms with Crippen LogP contribution in [0, 0.1) is 0 Å². The highest BCUT2D eigenvalue weighted by Gasteiger charge is 2.16. The summed E-state index contributed by atoms with van der Waals surface area (Å²) < 4.78 is 5.88. The molecule has 1 heterocycles. The number of nitrogens with one attached hydrogen (secondary N) is 1. The van der Waals surface area contributed by atoms with E-state index in [0.29, 0.717) is 24.2 Å². The third kappa shape index (κ3) is 5.69. The maximum Gasteiger partial charge on any atom is 0.407 e. The van der Waals surface area contributed by atoms with Crippen molar-refractivity contribution in [3.05, 3.63) is 28.0 Å². The lowest BCUT2D eigenvalue weighted by atomic mass is 10.1. The third-order valence-electron chi connectivity index (χ3n) is 2.35. The molecule has 0 bridgehead atoms. The maximum absolute atomic E-state index is 11.5. The number of rotatable bonds is 4. The summed E-state index contributed by atoms with van der Waals surface area (Å²) in [6, 6.07) is 1.73. The highest BCUT2D eigenvalue weighted by Crippen LogP contribution is 2.15. The first-order valence-corrected chi connectivity index (χ1v) is 7.10. The van der Waals surface area contributed by atoms with Crippen LogP contribution in [0.15, 0.2) is 16.7 Å². The topological polar surface area (TPSA) is 68.3 Å². The Labute approximate surface area is 127 Å². The van der Waals surface area contributed by atoms with Gasteiger partial charge in [-0.1, -0.05) is 0 Å². The molecule has 0 atom stereocenters. The zero-order valence-corrected chi connectivity index (χ0v) is 13.7. The fraction of sp³-hybridized carbons (Fsp3) is 0.500. The number of halogens is 1. The molecule has 0 radical (unpaired) electrons. The molecule has 1 aromatic rings. The van der Waals surface area contributed by atoms with E-state index < -0.39 is 11.7 Å². The van der Waals surface area contributed by atoms with Crippen LogP contribution in [-0.4, -0.2) is 29.0 Å². The molecule has 1 N–H and O–H groups in total. The molecule has 1 rings (SSSR count). The quantitative estimate of drug-likeness (QED) is 0.853. The molecule has 5 nitrogen and oxygen atoms in total. The first-order chi connectivity index (χ1) is 9.19. The second-order valence-corrected chi connectivity index (χ2v) is 6.30. The van der Waals surface area contributed by atoms with Crippen molar-refractivity contribution in [3.63, 3.8) is 0 Å². The number of pyridine rings is 1. The average molecular weight is 343 g/mol. The largest absolute Gasteiger partial charge is 0.444 e. The number of carbonyl (C=O) groups is 2. The monoisotopic (exact) mass is 342 g/mol. The van der Waals surface area contributed by atoms with Crippen molar-refractivity contribution in [2.75, 3.05) is 6.54 Å². The average Bonchev–Trinajstić information content (AvgIpc) is 2.28. The van der Waals surface area contributed by atoms with Gasteiger partial charge in [-0.3, -0.25) is 9.78 Å². The fourth-order valence-corrected chi connectivity index (χ4v) is 1.90. The summed E-state index contributed by atoms with van der Waals surface area (Å²) in [6.45, 7) is 7.27. The van der Waals surface area contributed by atoms with E-state index in [1.807, 2.05) is 0 Å². The molecule has 0 aliphatic rings. The van der Waals surface area contributed by atoms with E-state index in [0.717, 1.165) is 4.47 Å². The van der Waals surface area contributed by atoms with E-state index in [9.17, 15) is 9.59 Å². The van der Waals surface area contributed by atoms with Gasteiger partial charge in [-0.05, 0) is 49.7 Å². The molecule has 0 saturated carbocycles. The summed E-state index contributed by atoms with van der Waals surface area (Å²) in [5, 5.41) is 2.64. The molecule has 110 valence electrons. The van der Waals surface area contributed by atoms with Gasteiger partial charge < -0.3 is 10.1 Å². The van der Waals surface area contributed by atoms with Gasteiger partial charge in [-0.25, -0.2) is 4.79 Å². The van der Waals surface area contributed by atoms with Gasteiger partial charge in [0.25, 0.3) is 0 Å². The Morgan fingerprint density at radius 1 is 1.40 bits per heavy atom. The van der Waals surface area contributed by atoms with Crippen LogP contribution in [0.1, 0.15) is 43.7 Å². The minimum atomic E-state index is -0.523. The predicted molar refractivity (Wildman–Crippen MR) is 79.9 cm³/mol. The number of ether oxygens (including phenoxy) is 1. The summed E-state index contributed by atoms with van der Waals surface area (Å²) in [6.07, 6.45) is 1.63. The number of nitrogens with zero attached hydrogens (tertiary/aromatic N) is 1. The summed E-state index contributed by atoms with van der Waals surface area (Å²) in [7, 11) is 0. The number of carbonyl (C=O) groups excluding carboxylic acids is 2. The Hall–Kier alpha value is -1.43. The van der Waals surface area contributed by atoms with Crippen molar-refractivity contribution in [3.8, 4) is 0 Å². The van der Waals surface area contributed by atoms with Gasteiger partial charge in [0, 0.05) is 29.2 Å². The van der Waals surface area contributed by atoms with E-state index in [1.165, 1.54) is 6.92 Å². The fourth-order valence-electron chi connectivity index (χ4n) is 1.57. The Balaban J connectivity index is 2.58. The second-order valence-electron chi connectivity index (χ2n) is 5.38. The first-order valence-electron chi connectivity index (χ1n) is 6.31. The summed E-state index contributed by atoms with van der Waals surface area (Å²) in [4.78, 5) is 27.2. The third-order valence-corrected chi connectivity index (χ3v) is 2.78. The normalized spacial score (nSPS) is 11.1. The molecule has 0 aromatic carbocycles. The van der Waals surface area contributed by atoms with E-state index in [2.05, 4.69) is 26.2 Å². The highest BCUT2D eigenvalue weighted by molar-refractivity contribution is 9.10. The lowest BCUT2D eigenvalue weighted by Crippen LogP contribution is -2.33. The smallest absolute Gasteiger partial charge is 0.407 e. The Morgan fingerprint density at radius 2 is 2.05 bits per heavy atom. The zero-order valence-electron chi connectivity index (χ0n) is 12.1. The number of ketones is 1. The van der Waals surface area contributed by atoms with Gasteiger partial charge in [-0.2, -0.15) is 0 Å². The van der Waals surface area contributed by atoms with Crippen LogP contribution in [0.4, 0.5) is 4.79 Å². The minimum absolute atomic E-state index is 0.0499. The van der Waals surface area contributed by atoms with E-state index in [4.69, 9.17) is 4.74 Å². The minimum Gasteiger partial charge on any atom is -0.444 e. The molecule has 0 fully saturated rings. The number of Topliss-reactive ketones (excluding diaryl/α,β-unsaturated/α-hetero) is 1. The van der Waals surface area contributed by atoms with Crippen LogP contribution in [0.5, 0.6) is 0 Å². The van der Waals surface area contributed by atoms with E-state index >= 15 is 0 Å². The number of alkyl carbamates (subject to hydrolysis) is 1. The van der Waals surface area contributed by atoms with Gasteiger partial charge in [0.05, 0.1) is 5.69 Å². The molecule has 0 unspecified atom stereocenters. The van der Waals surface area contributed by atoms with Crippen LogP contribution in [-0.2, 0) is 11.2 Å². The van der Waals surface area contributed by atoms with Crippen molar-refractivity contribution in [2.45, 2.75) is 39.7 Å². The molecule has 20 heavy (non-hydrogen) atoms. The molecule has 0 spiro atoms. The van der Waals surface area contributed by atoms with E-state index in [-0.39, 0.29) is 5.78 Å². The van der Waals surface area contributed by atoms with Crippen LogP contribution >= 0.6 is 15.9 Å². The van der Waals surface area contributed by atoms with E-state index in [1.54, 1.807) is 33.0 Å². The van der Waals surface area contributed by atoms with Crippen molar-refractivity contribution < 1.29 is 14.3 Å². The molecular weight excluding hydrogens is 324 g/mol. The predicted octanol–water partition coefficient (Wildman–Crippen LogP) is 3.11. The first kappa shape index (κ1) is 16.6. The van der Waals surface area contributed by atoms with Gasteiger partial charge >= 0.3 is 6.09 Å². The number of hydrogen-bond acceptors (Lipinski definition) is 4. The van der Waals surface area contributed by atoms with Crippen LogP contribution < -0.4 is 5.32 Å². The molecule has 0 saturated heterocycles. The van der Waals surface area contributed by atoms with Crippen LogP contribution in [0.3, 0.4) is 0 Å². The Kier molecular flexibility index (Phi) is 5.68. The zero-order chi connectivity index (χ0) is 15.3. The number of amides is 1. The van der Waals surface area contributed by atoms with Crippen molar-refractivity contribution in [1.29, 1.82) is 0 Å². The summed E-state index contributed by atoms with van der Waals surface area (Å²) in [5.41, 5.74) is 0.701. The van der Waals surface area contributed by atoms with Crippen molar-refractivity contribution in [1.82, 2.24) is 10.3 Å². The van der Waals surface area contributed by atoms with Gasteiger partial charge in [0.2, 0.25) is 0 Å². The number of hydrogen-bond donors (Lipinski definition) is 1. The molecular formula is C14H19BrN2O3. The SMILES string of the molecule is CC(=O)c1cc(Br)cnc1CCNC(=O)OC(C)(C)C. The van der Waals surface area contributed by atoms with Gasteiger partial charge in [-0.15, -0.1) is 0 Å². The molecule has 0 aliphatic heterocycles. The van der Waals surface area contributed by atoms with Gasteiger partial charge in [0.15, 0.2) is 5.78 Å². The van der Waals surface area contributed by atoms with Crippen molar-refractivity contribution >= 4 is 27.8 Å². The lowest BCUT2D eigenvalue weighted by Gasteiger charge is -2.19. The van der Waals surface area contributed by atoms with Crippen LogP contribution in [0.25, 0.3) is 0 Å². The summed E-state index contributed by atoms with van der Waals surface area (Å²) >= 11 is 3.28. The highest BCUT2D eigenvalue weighted by atomic mass is 79.9. The maximum atomic E-state index is 11.5. The van der Waals surface area contributed by atoms with Crippen LogP contribution in [0.2, 0.25) is 0 Å². The van der Waals surface area contributed by atoms with Gasteiger partial charge in [0.1, 0.15) is 5.60 Å².